The average Bonchev–Trinajstić information content (AvgIpc) is 2.46. The molecule has 2 N–H and O–H groups in total. The van der Waals surface area contributed by atoms with Crippen molar-refractivity contribution in [2.24, 2.45) is 0 Å². The highest BCUT2D eigenvalue weighted by Gasteiger charge is 2.27. The Hall–Kier alpha value is -1.37. The lowest BCUT2D eigenvalue weighted by molar-refractivity contribution is -0.129. The van der Waals surface area contributed by atoms with Crippen LogP contribution < -0.4 is 15.4 Å². The summed E-state index contributed by atoms with van der Waals surface area (Å²) in [5, 5.41) is 6.49. The minimum Gasteiger partial charge on any atom is -0.476 e. The van der Waals surface area contributed by atoms with E-state index in [9.17, 15) is 4.79 Å². The summed E-state index contributed by atoms with van der Waals surface area (Å²) in [6.45, 7) is 3.96. The highest BCUT2D eigenvalue weighted by atomic mass is 35.5. The molecule has 0 radical (unpaired) electrons. The van der Waals surface area contributed by atoms with Gasteiger partial charge in [0.25, 0.3) is 0 Å². The van der Waals surface area contributed by atoms with Gasteiger partial charge in [-0.1, -0.05) is 11.6 Å². The fourth-order valence-corrected chi connectivity index (χ4v) is 2.03. The quantitative estimate of drug-likeness (QED) is 0.779. The number of hydrogen-bond acceptors (Lipinski definition) is 5. The number of ether oxygens (including phenoxy) is 2. The molecule has 7 heteroatoms. The second-order valence-corrected chi connectivity index (χ2v) is 4.90. The molecule has 1 aliphatic rings. The van der Waals surface area contributed by atoms with Gasteiger partial charge in [-0.2, -0.15) is 0 Å². The zero-order valence-electron chi connectivity index (χ0n) is 11.3. The predicted octanol–water partition coefficient (Wildman–Crippen LogP) is 0.607. The summed E-state index contributed by atoms with van der Waals surface area (Å²) < 4.78 is 10.8. The van der Waals surface area contributed by atoms with Crippen molar-refractivity contribution in [3.05, 3.63) is 23.4 Å². The molecule has 1 amide bonds. The van der Waals surface area contributed by atoms with Crippen molar-refractivity contribution in [3.63, 3.8) is 0 Å². The first-order valence-electron chi connectivity index (χ1n) is 6.54. The van der Waals surface area contributed by atoms with E-state index in [1.807, 2.05) is 6.92 Å². The standard InChI is InChI=1S/C13H18ClN3O3/c1-9-12(15-4-6-19-9)13(18)16-5-7-20-11-3-2-10(14)8-17-11/h2-3,8-9,12,15H,4-7H2,1H3,(H,16,18)/t9-,12+/m1/s1. The Kier molecular flexibility index (Phi) is 5.58. The summed E-state index contributed by atoms with van der Waals surface area (Å²) >= 11 is 5.72. The molecule has 2 rings (SSSR count). The molecular weight excluding hydrogens is 282 g/mol. The third-order valence-electron chi connectivity index (χ3n) is 2.95. The van der Waals surface area contributed by atoms with E-state index < -0.39 is 0 Å². The van der Waals surface area contributed by atoms with Gasteiger partial charge in [-0.3, -0.25) is 4.79 Å². The predicted molar refractivity (Wildman–Crippen MR) is 75.0 cm³/mol. The van der Waals surface area contributed by atoms with E-state index in [1.165, 1.54) is 6.20 Å². The Bertz CT molecular complexity index is 441. The lowest BCUT2D eigenvalue weighted by atomic mass is 10.1. The zero-order valence-corrected chi connectivity index (χ0v) is 12.0. The van der Waals surface area contributed by atoms with Gasteiger partial charge in [-0.25, -0.2) is 4.98 Å². The van der Waals surface area contributed by atoms with Crippen molar-refractivity contribution in [1.82, 2.24) is 15.6 Å². The van der Waals surface area contributed by atoms with Crippen LogP contribution in [0.5, 0.6) is 5.88 Å². The number of carbonyl (C=O) groups excluding carboxylic acids is 1. The molecule has 2 atom stereocenters. The van der Waals surface area contributed by atoms with Gasteiger partial charge in [-0.15, -0.1) is 0 Å². The van der Waals surface area contributed by atoms with Crippen LogP contribution in [-0.2, 0) is 9.53 Å². The molecule has 110 valence electrons. The van der Waals surface area contributed by atoms with Gasteiger partial charge in [-0.05, 0) is 13.0 Å². The van der Waals surface area contributed by atoms with Crippen molar-refractivity contribution < 1.29 is 14.3 Å². The number of halogens is 1. The van der Waals surface area contributed by atoms with Gasteiger partial charge in [0.2, 0.25) is 11.8 Å². The van der Waals surface area contributed by atoms with Gasteiger partial charge >= 0.3 is 0 Å². The summed E-state index contributed by atoms with van der Waals surface area (Å²) in [6.07, 6.45) is 1.39. The number of rotatable bonds is 5. The number of hydrogen-bond donors (Lipinski definition) is 2. The summed E-state index contributed by atoms with van der Waals surface area (Å²) in [7, 11) is 0. The third-order valence-corrected chi connectivity index (χ3v) is 3.17. The molecule has 0 aliphatic carbocycles. The van der Waals surface area contributed by atoms with E-state index in [0.29, 0.717) is 37.2 Å². The fraction of sp³-hybridized carbons (Fsp3) is 0.538. The summed E-state index contributed by atoms with van der Waals surface area (Å²) in [5.74, 6) is 0.404. The molecule has 1 aliphatic heterocycles. The second kappa shape index (κ2) is 7.42. The van der Waals surface area contributed by atoms with E-state index in [4.69, 9.17) is 21.1 Å². The lowest BCUT2D eigenvalue weighted by Crippen LogP contribution is -2.55. The maximum absolute atomic E-state index is 11.9. The number of aromatic nitrogens is 1. The molecule has 2 heterocycles. The van der Waals surface area contributed by atoms with Gasteiger partial charge < -0.3 is 20.1 Å². The van der Waals surface area contributed by atoms with Crippen molar-refractivity contribution >= 4 is 17.5 Å². The normalized spacial score (nSPS) is 22.3. The monoisotopic (exact) mass is 299 g/mol. The molecule has 6 nitrogen and oxygen atoms in total. The molecule has 1 fully saturated rings. The maximum atomic E-state index is 11.9. The van der Waals surface area contributed by atoms with Crippen LogP contribution in [0.15, 0.2) is 18.3 Å². The molecule has 1 aromatic heterocycles. The van der Waals surface area contributed by atoms with Crippen molar-refractivity contribution in [2.75, 3.05) is 26.3 Å². The zero-order chi connectivity index (χ0) is 14.4. The molecule has 0 spiro atoms. The van der Waals surface area contributed by atoms with E-state index in [2.05, 4.69) is 15.6 Å². The second-order valence-electron chi connectivity index (χ2n) is 4.46. The van der Waals surface area contributed by atoms with Gasteiger partial charge in [0.05, 0.1) is 24.3 Å². The Morgan fingerprint density at radius 2 is 2.50 bits per heavy atom. The van der Waals surface area contributed by atoms with Crippen LogP contribution in [0.4, 0.5) is 0 Å². The third kappa shape index (κ3) is 4.33. The number of pyridine rings is 1. The van der Waals surface area contributed by atoms with Crippen molar-refractivity contribution in [1.29, 1.82) is 0 Å². The van der Waals surface area contributed by atoms with Crippen LogP contribution in [0.25, 0.3) is 0 Å². The minimum atomic E-state index is -0.308. The molecule has 0 unspecified atom stereocenters. The number of nitrogens with one attached hydrogen (secondary N) is 2. The van der Waals surface area contributed by atoms with Crippen LogP contribution in [0.2, 0.25) is 5.02 Å². The van der Waals surface area contributed by atoms with E-state index in [0.717, 1.165) is 0 Å². The Morgan fingerprint density at radius 1 is 1.65 bits per heavy atom. The van der Waals surface area contributed by atoms with E-state index in [1.54, 1.807) is 12.1 Å². The van der Waals surface area contributed by atoms with Crippen molar-refractivity contribution in [3.8, 4) is 5.88 Å². The molecule has 0 aromatic carbocycles. The lowest BCUT2D eigenvalue weighted by Gasteiger charge is -2.29. The van der Waals surface area contributed by atoms with Gasteiger partial charge in [0.1, 0.15) is 12.6 Å². The Labute approximate surface area is 122 Å². The summed E-state index contributed by atoms with van der Waals surface area (Å²) in [4.78, 5) is 15.9. The number of nitrogens with zero attached hydrogens (tertiary/aromatic N) is 1. The first-order valence-corrected chi connectivity index (χ1v) is 6.91. The SMILES string of the molecule is C[C@H]1OCCN[C@@H]1C(=O)NCCOc1ccc(Cl)cn1. The van der Waals surface area contributed by atoms with Crippen LogP contribution >= 0.6 is 11.6 Å². The molecule has 20 heavy (non-hydrogen) atoms. The maximum Gasteiger partial charge on any atom is 0.239 e. The van der Waals surface area contributed by atoms with Crippen LogP contribution in [0.1, 0.15) is 6.92 Å². The highest BCUT2D eigenvalue weighted by molar-refractivity contribution is 6.30. The van der Waals surface area contributed by atoms with Gasteiger partial charge in [0, 0.05) is 18.8 Å². The molecule has 0 bridgehead atoms. The highest BCUT2D eigenvalue weighted by Crippen LogP contribution is 2.11. The smallest absolute Gasteiger partial charge is 0.239 e. The largest absolute Gasteiger partial charge is 0.476 e. The minimum absolute atomic E-state index is 0.0788. The first-order chi connectivity index (χ1) is 9.66. The van der Waals surface area contributed by atoms with Gasteiger partial charge in [0.15, 0.2) is 0 Å². The number of morpholine rings is 1. The van der Waals surface area contributed by atoms with E-state index in [-0.39, 0.29) is 18.1 Å². The average molecular weight is 300 g/mol. The fourth-order valence-electron chi connectivity index (χ4n) is 1.91. The van der Waals surface area contributed by atoms with E-state index >= 15 is 0 Å². The van der Waals surface area contributed by atoms with Crippen molar-refractivity contribution in [2.45, 2.75) is 19.1 Å². The number of amides is 1. The number of carbonyl (C=O) groups is 1. The topological polar surface area (TPSA) is 72.5 Å². The summed E-state index contributed by atoms with van der Waals surface area (Å²) in [6, 6.07) is 3.08. The van der Waals surface area contributed by atoms with Crippen LogP contribution in [0, 0.1) is 0 Å². The van der Waals surface area contributed by atoms with Crippen LogP contribution in [0.3, 0.4) is 0 Å². The molecular formula is C13H18ClN3O3. The Morgan fingerprint density at radius 3 is 3.20 bits per heavy atom. The first kappa shape index (κ1) is 15.0. The molecule has 0 saturated carbocycles. The summed E-state index contributed by atoms with van der Waals surface area (Å²) in [5.41, 5.74) is 0. The molecule has 1 aromatic rings. The van der Waals surface area contributed by atoms with Crippen LogP contribution in [-0.4, -0.2) is 49.3 Å². The molecule has 1 saturated heterocycles. The Balaban J connectivity index is 1.67.